The quantitative estimate of drug-likeness (QED) is 0.121. The van der Waals surface area contributed by atoms with Gasteiger partial charge in [0, 0.05) is 15.2 Å². The molecule has 1 saturated heterocycles. The predicted molar refractivity (Wildman–Crippen MR) is 302 cm³/mol. The van der Waals surface area contributed by atoms with Crippen molar-refractivity contribution in [2.45, 2.75) is 52.4 Å². The van der Waals surface area contributed by atoms with Crippen LogP contribution < -0.4 is 41.5 Å². The van der Waals surface area contributed by atoms with Crippen LogP contribution in [-0.2, 0) is 0 Å². The predicted octanol–water partition coefficient (Wildman–Crippen LogP) is 8.51. The molecule has 64 heavy (non-hydrogen) atoms. The van der Waals surface area contributed by atoms with Gasteiger partial charge in [-0.05, 0) is 0 Å². The first-order valence-electron chi connectivity index (χ1n) is 23.3. The molecule has 8 aromatic rings. The van der Waals surface area contributed by atoms with Crippen LogP contribution >= 0.6 is 0 Å². The van der Waals surface area contributed by atoms with Crippen molar-refractivity contribution in [1.29, 1.82) is 0 Å². The van der Waals surface area contributed by atoms with Gasteiger partial charge in [0.25, 0.3) is 0 Å². The van der Waals surface area contributed by atoms with Crippen molar-refractivity contribution in [3.63, 3.8) is 0 Å². The molecule has 0 spiro atoms. The molecule has 320 valence electrons. The highest BCUT2D eigenvalue weighted by atomic mass is 30.4. The van der Waals surface area contributed by atoms with Crippen molar-refractivity contribution in [2.24, 2.45) is 0 Å². The van der Waals surface area contributed by atoms with Crippen molar-refractivity contribution in [2.75, 3.05) is 0 Å². The lowest BCUT2D eigenvalue weighted by atomic mass is 10.4. The summed E-state index contributed by atoms with van der Waals surface area (Å²) in [6, 6.07) is 101. The molecule has 0 aliphatic carbocycles. The zero-order valence-electron chi connectivity index (χ0n) is 39.1. The zero-order valence-corrected chi connectivity index (χ0v) is 47.1. The molecule has 1 fully saturated rings. The number of rotatable bonds is 10. The summed E-state index contributed by atoms with van der Waals surface area (Å²) >= 11 is 0. The average molecular weight is 962 g/mol. The molecule has 0 aromatic heterocycles. The maximum absolute atomic E-state index is 3.15. The second kappa shape index (κ2) is 16.7. The third-order valence-corrected chi connectivity index (χ3v) is 205. The first-order valence-corrected chi connectivity index (χ1v) is 51.3. The molecule has 8 heteroatoms. The van der Waals surface area contributed by atoms with Gasteiger partial charge in [-0.3, -0.25) is 0 Å². The third-order valence-electron chi connectivity index (χ3n) is 16.8. The largest absolute Gasteiger partial charge is 0.108 e. The summed E-state index contributed by atoms with van der Waals surface area (Å²) < 4.78 is 0. The van der Waals surface area contributed by atoms with Crippen LogP contribution in [0.2, 0.25) is 52.4 Å². The Kier molecular flexibility index (Phi) is 11.7. The minimum atomic E-state index is -3.15. The lowest BCUT2D eigenvalue weighted by molar-refractivity contribution is 1.67. The zero-order chi connectivity index (χ0) is 44.9. The summed E-state index contributed by atoms with van der Waals surface area (Å²) in [5.41, 5.74) is 0. The molecule has 0 nitrogen and oxygen atoms in total. The SMILES string of the molecule is C[Si](C)(C)[Si]1(C)[Si](c2ccccc2)(c2ccccc2)[Si](c2ccccc2)(c2ccccc2)[Si](C)([Si](C)(C)C)[Si](c2ccccc2)(c2ccccc2)[Si]1(c1ccccc1)c1ccccc1. The topological polar surface area (TPSA) is 0 Å². The standard InChI is InChI=1S/C56H64Si8/c1-57(2,3)59(7)61(49-33-17-9-18-34-49,50-35-19-10-20-36-50)63(53-41-25-13-26-42-53,54-43-27-14-28-44-54)60(8,58(4,5)6)64(55-45-29-15-30-46-55,56-47-31-16-32-48-56)62(59,51-37-21-11-22-38-51)52-39-23-12-24-40-52/h9-48H,1-8H3. The van der Waals surface area contributed by atoms with Gasteiger partial charge in [0.1, 0.15) is 28.4 Å². The van der Waals surface area contributed by atoms with Crippen molar-refractivity contribution in [3.8, 4) is 0 Å². The van der Waals surface area contributed by atoms with Crippen LogP contribution in [0.4, 0.5) is 0 Å². The molecule has 0 unspecified atom stereocenters. The van der Waals surface area contributed by atoms with Crippen LogP contribution in [0.15, 0.2) is 243 Å². The molecule has 0 amide bonds. The van der Waals surface area contributed by atoms with Crippen molar-refractivity contribution in [1.82, 2.24) is 0 Å². The molecular weight excluding hydrogens is 897 g/mol. The van der Waals surface area contributed by atoms with E-state index in [1.807, 2.05) is 0 Å². The van der Waals surface area contributed by atoms with Crippen molar-refractivity contribution >= 4 is 98.4 Å². The van der Waals surface area contributed by atoms with Crippen LogP contribution in [0.25, 0.3) is 0 Å². The Balaban J connectivity index is 1.82. The Morgan fingerprint density at radius 1 is 0.203 bits per heavy atom. The van der Waals surface area contributed by atoms with E-state index < -0.39 is 56.9 Å². The van der Waals surface area contributed by atoms with Crippen LogP contribution in [0.5, 0.6) is 0 Å². The van der Waals surface area contributed by atoms with Gasteiger partial charge in [0.2, 0.25) is 0 Å². The van der Waals surface area contributed by atoms with Crippen LogP contribution in [0.1, 0.15) is 0 Å². The summed E-state index contributed by atoms with van der Waals surface area (Å²) in [5, 5.41) is 13.7. The van der Waals surface area contributed by atoms with E-state index in [2.05, 4.69) is 295 Å². The van der Waals surface area contributed by atoms with E-state index >= 15 is 0 Å². The van der Waals surface area contributed by atoms with Gasteiger partial charge in [0.15, 0.2) is 0 Å². The highest BCUT2D eigenvalue weighted by Gasteiger charge is 2.94. The van der Waals surface area contributed by atoms with Gasteiger partial charge in [-0.2, -0.15) is 0 Å². The second-order valence-electron chi connectivity index (χ2n) is 20.7. The van der Waals surface area contributed by atoms with Gasteiger partial charge in [0.05, 0.1) is 13.3 Å². The lowest BCUT2D eigenvalue weighted by Gasteiger charge is -2.82. The molecule has 0 atom stereocenters. The van der Waals surface area contributed by atoms with E-state index in [1.165, 1.54) is 0 Å². The van der Waals surface area contributed by atoms with Crippen LogP contribution in [0.3, 0.4) is 0 Å². The maximum atomic E-state index is 3.15. The van der Waals surface area contributed by atoms with Gasteiger partial charge >= 0.3 is 0 Å². The van der Waals surface area contributed by atoms with E-state index in [0.717, 1.165) is 0 Å². The Labute approximate surface area is 390 Å². The fourth-order valence-electron chi connectivity index (χ4n) is 14.5. The maximum Gasteiger partial charge on any atom is 0.108 e. The molecule has 0 N–H and O–H groups in total. The Bertz CT molecular complexity index is 2260. The molecule has 0 radical (unpaired) electrons. The number of hydrogen-bond donors (Lipinski definition) is 0. The normalized spacial score (nSPS) is 21.1. The first-order chi connectivity index (χ1) is 30.8. The summed E-state index contributed by atoms with van der Waals surface area (Å²) in [6.45, 7) is 17.8. The molecule has 1 heterocycles. The molecule has 1 aliphatic heterocycles. The van der Waals surface area contributed by atoms with Gasteiger partial charge in [-0.25, -0.2) is 0 Å². The minimum absolute atomic E-state index is 1.71. The summed E-state index contributed by atoms with van der Waals surface area (Å²) in [4.78, 5) is 0. The third kappa shape index (κ3) is 5.70. The summed E-state index contributed by atoms with van der Waals surface area (Å²) in [5.74, 6) is 0. The second-order valence-corrected chi connectivity index (χ2v) is 105. The number of benzene rings is 8. The molecule has 1 aliphatic rings. The summed E-state index contributed by atoms with van der Waals surface area (Å²) in [6.07, 6.45) is 0. The van der Waals surface area contributed by atoms with E-state index in [-0.39, 0.29) is 0 Å². The molecule has 0 bridgehead atoms. The van der Waals surface area contributed by atoms with Gasteiger partial charge in [-0.15, -0.1) is 0 Å². The van der Waals surface area contributed by atoms with E-state index in [9.17, 15) is 0 Å². The Morgan fingerprint density at radius 2 is 0.312 bits per heavy atom. The smallest absolute Gasteiger partial charge is 0.0738 e. The lowest BCUT2D eigenvalue weighted by Crippen LogP contribution is -3.23. The van der Waals surface area contributed by atoms with E-state index in [4.69, 9.17) is 0 Å². The molecular formula is C56H64Si8. The van der Waals surface area contributed by atoms with Crippen molar-refractivity contribution in [3.05, 3.63) is 243 Å². The van der Waals surface area contributed by atoms with E-state index in [1.54, 1.807) is 41.5 Å². The van der Waals surface area contributed by atoms with E-state index in [0.29, 0.717) is 0 Å². The van der Waals surface area contributed by atoms with Crippen LogP contribution in [-0.4, -0.2) is 56.9 Å². The first kappa shape index (κ1) is 44.7. The number of hydrogen-bond acceptors (Lipinski definition) is 0. The fraction of sp³-hybridized carbons (Fsp3) is 0.143. The Hall–Kier alpha value is -4.50. The molecule has 0 saturated carbocycles. The van der Waals surface area contributed by atoms with Gasteiger partial charge in [-0.1, -0.05) is 337 Å². The highest BCUT2D eigenvalue weighted by molar-refractivity contribution is 8.33. The highest BCUT2D eigenvalue weighted by Crippen LogP contribution is 2.56. The average Bonchev–Trinajstić information content (AvgIpc) is 3.33. The van der Waals surface area contributed by atoms with Gasteiger partial charge < -0.3 is 0 Å². The van der Waals surface area contributed by atoms with Crippen LogP contribution in [0, 0.1) is 0 Å². The minimum Gasteiger partial charge on any atom is -0.0738 e. The monoisotopic (exact) mass is 960 g/mol. The van der Waals surface area contributed by atoms with Crippen molar-refractivity contribution < 1.29 is 0 Å². The fourth-order valence-corrected chi connectivity index (χ4v) is 367. The molecule has 9 rings (SSSR count). The Morgan fingerprint density at radius 3 is 0.406 bits per heavy atom. The summed E-state index contributed by atoms with van der Waals surface area (Å²) in [7, 11) is -17.3. The molecule has 8 aromatic carbocycles.